The quantitative estimate of drug-likeness (QED) is 0.788. The van der Waals surface area contributed by atoms with E-state index in [0.29, 0.717) is 0 Å². The molecule has 0 atom stereocenters. The van der Waals surface area contributed by atoms with Crippen LogP contribution in [0.15, 0.2) is 59.6 Å². The highest BCUT2D eigenvalue weighted by Gasteiger charge is 2.18. The third-order valence-corrected chi connectivity index (χ3v) is 4.61. The van der Waals surface area contributed by atoms with Crippen LogP contribution in [0.25, 0.3) is 6.08 Å². The molecule has 1 aliphatic heterocycles. The topological polar surface area (TPSA) is 6.48 Å². The van der Waals surface area contributed by atoms with E-state index in [1.165, 1.54) is 0 Å². The van der Waals surface area contributed by atoms with Gasteiger partial charge in [0.05, 0.1) is 10.7 Å². The molecule has 1 heterocycles. The van der Waals surface area contributed by atoms with E-state index in [9.17, 15) is 0 Å². The van der Waals surface area contributed by atoms with Crippen molar-refractivity contribution in [1.29, 1.82) is 0 Å². The monoisotopic (exact) mass is 346 g/mol. The molecule has 0 saturated carbocycles. The minimum atomic E-state index is 0.798. The van der Waals surface area contributed by atoms with E-state index in [1.807, 2.05) is 42.5 Å². The molecule has 2 nitrogen and oxygen atoms in total. The first-order valence-electron chi connectivity index (χ1n) is 7.85. The molecule has 1 aliphatic rings. The van der Waals surface area contributed by atoms with Gasteiger partial charge in [-0.2, -0.15) is 0 Å². The molecule has 0 aromatic heterocycles. The van der Waals surface area contributed by atoms with Gasteiger partial charge in [-0.3, -0.25) is 4.90 Å². The normalized spacial score (nSPS) is 16.6. The Morgan fingerprint density at radius 3 is 2.26 bits per heavy atom. The van der Waals surface area contributed by atoms with Gasteiger partial charge >= 0.3 is 0 Å². The summed E-state index contributed by atoms with van der Waals surface area (Å²) in [5, 5.41) is 1.70. The SMILES string of the molecule is ClC(=Cc1ccccc1)CN1CCN(c2ccccc2Cl)CC1. The summed E-state index contributed by atoms with van der Waals surface area (Å²) in [7, 11) is 0. The number of nitrogens with zero attached hydrogens (tertiary/aromatic N) is 2. The lowest BCUT2D eigenvalue weighted by Gasteiger charge is -2.36. The Hall–Kier alpha value is -1.48. The minimum absolute atomic E-state index is 0.798. The van der Waals surface area contributed by atoms with Crippen LogP contribution >= 0.6 is 23.2 Å². The maximum atomic E-state index is 6.41. The molecular weight excluding hydrogens is 327 g/mol. The van der Waals surface area contributed by atoms with Gasteiger partial charge in [-0.1, -0.05) is 65.7 Å². The number of hydrogen-bond donors (Lipinski definition) is 0. The van der Waals surface area contributed by atoms with E-state index in [0.717, 1.165) is 54.0 Å². The zero-order chi connectivity index (χ0) is 16.1. The van der Waals surface area contributed by atoms with Crippen molar-refractivity contribution in [2.24, 2.45) is 0 Å². The number of piperazine rings is 1. The van der Waals surface area contributed by atoms with E-state index in [2.05, 4.69) is 28.0 Å². The largest absolute Gasteiger partial charge is 0.368 e. The van der Waals surface area contributed by atoms with Gasteiger partial charge in [0, 0.05) is 37.8 Å². The van der Waals surface area contributed by atoms with Crippen LogP contribution in [0.2, 0.25) is 5.02 Å². The average Bonchev–Trinajstić information content (AvgIpc) is 2.57. The third-order valence-electron chi connectivity index (χ3n) is 4.06. The van der Waals surface area contributed by atoms with Crippen molar-refractivity contribution >= 4 is 35.0 Å². The Bertz CT molecular complexity index is 662. The van der Waals surface area contributed by atoms with Gasteiger partial charge < -0.3 is 4.90 Å². The summed E-state index contributed by atoms with van der Waals surface area (Å²) >= 11 is 12.7. The Morgan fingerprint density at radius 2 is 1.57 bits per heavy atom. The molecule has 4 heteroatoms. The fourth-order valence-electron chi connectivity index (χ4n) is 2.84. The van der Waals surface area contributed by atoms with Crippen LogP contribution in [-0.2, 0) is 0 Å². The molecule has 2 aromatic carbocycles. The van der Waals surface area contributed by atoms with E-state index < -0.39 is 0 Å². The summed E-state index contributed by atoms with van der Waals surface area (Å²) in [5.74, 6) is 0. The molecule has 0 radical (unpaired) electrons. The summed E-state index contributed by atoms with van der Waals surface area (Å²) in [6, 6.07) is 18.2. The lowest BCUT2D eigenvalue weighted by atomic mass is 10.2. The molecule has 23 heavy (non-hydrogen) atoms. The highest BCUT2D eigenvalue weighted by molar-refractivity contribution is 6.33. The smallest absolute Gasteiger partial charge is 0.0639 e. The standard InChI is InChI=1S/C19H20Cl2N2/c20-17(14-16-6-2-1-3-7-16)15-22-10-12-23(13-11-22)19-9-5-4-8-18(19)21/h1-9,14H,10-13,15H2. The van der Waals surface area contributed by atoms with Crippen molar-refractivity contribution in [3.05, 3.63) is 70.2 Å². The second kappa shape index (κ2) is 7.87. The van der Waals surface area contributed by atoms with E-state index in [-0.39, 0.29) is 0 Å². The van der Waals surface area contributed by atoms with Crippen molar-refractivity contribution < 1.29 is 0 Å². The molecule has 0 unspecified atom stereocenters. The van der Waals surface area contributed by atoms with Gasteiger partial charge in [0.2, 0.25) is 0 Å². The Kier molecular flexibility index (Phi) is 5.60. The molecule has 0 spiro atoms. The molecule has 0 N–H and O–H groups in total. The lowest BCUT2D eigenvalue weighted by Crippen LogP contribution is -2.46. The maximum absolute atomic E-state index is 6.41. The summed E-state index contributed by atoms with van der Waals surface area (Å²) in [5.41, 5.74) is 2.27. The number of para-hydroxylation sites is 1. The number of anilines is 1. The second-order valence-electron chi connectivity index (χ2n) is 5.72. The van der Waals surface area contributed by atoms with Crippen molar-refractivity contribution in [3.8, 4) is 0 Å². The second-order valence-corrected chi connectivity index (χ2v) is 6.61. The molecule has 120 valence electrons. The van der Waals surface area contributed by atoms with Crippen LogP contribution in [0.4, 0.5) is 5.69 Å². The molecule has 1 saturated heterocycles. The highest BCUT2D eigenvalue weighted by Crippen LogP contribution is 2.26. The van der Waals surface area contributed by atoms with Gasteiger partial charge in [0.25, 0.3) is 0 Å². The van der Waals surface area contributed by atoms with Gasteiger partial charge in [0.1, 0.15) is 0 Å². The van der Waals surface area contributed by atoms with Crippen LogP contribution < -0.4 is 4.90 Å². The van der Waals surface area contributed by atoms with Crippen molar-refractivity contribution in [2.75, 3.05) is 37.6 Å². The predicted molar refractivity (Wildman–Crippen MR) is 100 cm³/mol. The van der Waals surface area contributed by atoms with Crippen molar-refractivity contribution in [1.82, 2.24) is 4.90 Å². The van der Waals surface area contributed by atoms with Gasteiger partial charge in [-0.25, -0.2) is 0 Å². The summed E-state index contributed by atoms with van der Waals surface area (Å²) in [6.07, 6.45) is 2.04. The maximum Gasteiger partial charge on any atom is 0.0639 e. The third kappa shape index (κ3) is 4.51. The Labute approximate surface area is 147 Å². The molecule has 0 bridgehead atoms. The molecular formula is C19H20Cl2N2. The van der Waals surface area contributed by atoms with Gasteiger partial charge in [-0.05, 0) is 23.8 Å². The van der Waals surface area contributed by atoms with E-state index in [1.54, 1.807) is 0 Å². The van der Waals surface area contributed by atoms with Crippen molar-refractivity contribution in [2.45, 2.75) is 0 Å². The molecule has 0 aliphatic carbocycles. The molecule has 3 rings (SSSR count). The van der Waals surface area contributed by atoms with E-state index >= 15 is 0 Å². The first kappa shape index (κ1) is 16.4. The summed E-state index contributed by atoms with van der Waals surface area (Å²) in [6.45, 7) is 4.72. The fourth-order valence-corrected chi connectivity index (χ4v) is 3.39. The van der Waals surface area contributed by atoms with Crippen LogP contribution in [-0.4, -0.2) is 37.6 Å². The summed E-state index contributed by atoms with van der Waals surface area (Å²) < 4.78 is 0. The van der Waals surface area contributed by atoms with Crippen LogP contribution in [0.3, 0.4) is 0 Å². The number of benzene rings is 2. The van der Waals surface area contributed by atoms with Crippen LogP contribution in [0, 0.1) is 0 Å². The zero-order valence-electron chi connectivity index (χ0n) is 13.0. The number of hydrogen-bond acceptors (Lipinski definition) is 2. The van der Waals surface area contributed by atoms with Gasteiger partial charge in [-0.15, -0.1) is 0 Å². The van der Waals surface area contributed by atoms with Crippen LogP contribution in [0.1, 0.15) is 5.56 Å². The highest BCUT2D eigenvalue weighted by atomic mass is 35.5. The lowest BCUT2D eigenvalue weighted by molar-refractivity contribution is 0.282. The van der Waals surface area contributed by atoms with Crippen molar-refractivity contribution in [3.63, 3.8) is 0 Å². The average molecular weight is 347 g/mol. The first-order chi connectivity index (χ1) is 11.2. The number of rotatable bonds is 4. The molecule has 1 fully saturated rings. The number of halogens is 2. The first-order valence-corrected chi connectivity index (χ1v) is 8.61. The van der Waals surface area contributed by atoms with Crippen LogP contribution in [0.5, 0.6) is 0 Å². The minimum Gasteiger partial charge on any atom is -0.368 e. The Morgan fingerprint density at radius 1 is 0.913 bits per heavy atom. The van der Waals surface area contributed by atoms with Gasteiger partial charge in [0.15, 0.2) is 0 Å². The molecule has 0 amide bonds. The summed E-state index contributed by atoms with van der Waals surface area (Å²) in [4.78, 5) is 4.72. The Balaban J connectivity index is 1.55. The predicted octanol–water partition coefficient (Wildman–Crippen LogP) is 4.74. The fraction of sp³-hybridized carbons (Fsp3) is 0.263. The zero-order valence-corrected chi connectivity index (χ0v) is 14.5. The van der Waals surface area contributed by atoms with E-state index in [4.69, 9.17) is 23.2 Å². The molecule has 2 aromatic rings.